The Morgan fingerprint density at radius 3 is 1.47 bits per heavy atom. The monoisotopic (exact) mass is 1180 g/mol. The molecule has 448 valence electrons. The van der Waals surface area contributed by atoms with Gasteiger partial charge in [-0.05, 0) is 122 Å². The van der Waals surface area contributed by atoms with Crippen LogP contribution < -0.4 is 26.2 Å². The van der Waals surface area contributed by atoms with Gasteiger partial charge in [0.1, 0.15) is 53.2 Å². The quantitative estimate of drug-likeness (QED) is 0.0181. The van der Waals surface area contributed by atoms with Gasteiger partial charge in [-0.1, -0.05) is 6.07 Å². The highest BCUT2D eigenvalue weighted by Gasteiger charge is 2.42. The highest BCUT2D eigenvalue weighted by molar-refractivity contribution is 7.57. The van der Waals surface area contributed by atoms with Gasteiger partial charge in [-0.2, -0.15) is 5.26 Å². The van der Waals surface area contributed by atoms with Crippen molar-refractivity contribution < 1.29 is 76.0 Å². The standard InChI is InChI=1S/C23H30N7O5P.C22H37N6O7P.C5H10O4/c1-15(2)34-22(31)23(4,5)29-36(32,35-18-8-6-7-17(9-18)10-24)14-33-16(3)11-30-13-28-19-20(25)26-12-27-21(19)30;1-13(2)33-20(29)16(6)35-36(31,27-22(7,8)21(30)34-14(3)4)12-32-15(5)9-28-11-26-17-18(23)24-10-25-19(17)28;1-3(2)9-5(8)4(6)7/h6-9,12-13,15-16H,11,14H2,1-5H3,(H,29,32)(H2,25,26,27);10-11,13-16H,9,12H2,1-8H3,(H,27,31)(H2,23,24,25);3-4,6-7H,1-2H3/t16-,36?;15-,16+,36?;/m11./s1. The van der Waals surface area contributed by atoms with Crippen LogP contribution in [0.25, 0.3) is 22.3 Å². The van der Waals surface area contributed by atoms with E-state index in [1.165, 1.54) is 39.5 Å². The van der Waals surface area contributed by atoms with Gasteiger partial charge >= 0.3 is 31.4 Å². The molecule has 0 amide bonds. The van der Waals surface area contributed by atoms with Gasteiger partial charge in [0.2, 0.25) is 0 Å². The second-order valence-corrected chi connectivity index (χ2v) is 24.5. The number of aliphatic hydroxyl groups excluding tert-OH is 1. The van der Waals surface area contributed by atoms with E-state index >= 15 is 0 Å². The number of carbonyl (C=O) groups excluding carboxylic acids is 4. The lowest BCUT2D eigenvalue weighted by molar-refractivity contribution is -0.176. The molecule has 4 aromatic heterocycles. The van der Waals surface area contributed by atoms with E-state index in [2.05, 4.69) is 44.8 Å². The molecule has 2 unspecified atom stereocenters. The normalized spacial score (nSPS) is 14.4. The minimum atomic E-state index is -3.94. The summed E-state index contributed by atoms with van der Waals surface area (Å²) in [6.45, 7) is 25.2. The topological polar surface area (TPSA) is 404 Å². The maximum Gasteiger partial charge on any atom is 0.363 e. The Balaban J connectivity index is 0.000000369. The number of nitrogen functional groups attached to an aromatic ring is 2. The molecular formula is C50H77N13O16P2. The third kappa shape index (κ3) is 22.3. The van der Waals surface area contributed by atoms with E-state index in [0.29, 0.717) is 41.0 Å². The molecule has 0 saturated heterocycles. The van der Waals surface area contributed by atoms with Crippen LogP contribution in [0.3, 0.4) is 0 Å². The fraction of sp³-hybridized carbons (Fsp3) is 0.580. The summed E-state index contributed by atoms with van der Waals surface area (Å²) in [4.78, 5) is 72.5. The van der Waals surface area contributed by atoms with Crippen molar-refractivity contribution in [2.24, 2.45) is 0 Å². The molecule has 0 radical (unpaired) electrons. The molecule has 5 aromatic rings. The highest BCUT2D eigenvalue weighted by atomic mass is 31.2. The van der Waals surface area contributed by atoms with Gasteiger partial charge in [-0.15, -0.1) is 0 Å². The molecule has 0 aliphatic heterocycles. The van der Waals surface area contributed by atoms with E-state index in [4.69, 9.17) is 54.4 Å². The van der Waals surface area contributed by atoms with Crippen molar-refractivity contribution in [3.63, 3.8) is 0 Å². The summed E-state index contributed by atoms with van der Waals surface area (Å²) in [5.74, 6) is -2.20. The van der Waals surface area contributed by atoms with E-state index in [1.54, 1.807) is 123 Å². The predicted octanol–water partition coefficient (Wildman–Crippen LogP) is 5.12. The molecule has 0 aliphatic carbocycles. The van der Waals surface area contributed by atoms with E-state index in [-0.39, 0.29) is 48.1 Å². The first-order valence-corrected chi connectivity index (χ1v) is 29.1. The molecule has 81 heavy (non-hydrogen) atoms. The summed E-state index contributed by atoms with van der Waals surface area (Å²) in [7, 11) is -7.78. The van der Waals surface area contributed by atoms with Crippen molar-refractivity contribution in [1.82, 2.24) is 49.2 Å². The van der Waals surface area contributed by atoms with Crippen LogP contribution in [0.15, 0.2) is 49.6 Å². The molecule has 0 spiro atoms. The number of hydrogen-bond acceptors (Lipinski definition) is 25. The Labute approximate surface area is 470 Å². The molecule has 0 bridgehead atoms. The summed E-state index contributed by atoms with van der Waals surface area (Å²) in [5, 5.41) is 31.0. The number of nitriles is 1. The average molecular weight is 1180 g/mol. The first-order valence-electron chi connectivity index (χ1n) is 25.5. The van der Waals surface area contributed by atoms with Gasteiger partial charge in [0.15, 0.2) is 29.0 Å². The van der Waals surface area contributed by atoms with E-state index in [1.807, 2.05) is 6.07 Å². The lowest BCUT2D eigenvalue weighted by atomic mass is 10.1. The number of fused-ring (bicyclic) bond motifs is 2. The maximum atomic E-state index is 13.9. The molecule has 0 fully saturated rings. The number of ether oxygens (including phenoxy) is 6. The zero-order valence-electron chi connectivity index (χ0n) is 48.2. The number of esters is 4. The number of imidazole rings is 2. The van der Waals surface area contributed by atoms with Crippen LogP contribution in [-0.4, -0.2) is 146 Å². The summed E-state index contributed by atoms with van der Waals surface area (Å²) < 4.78 is 74.6. The van der Waals surface area contributed by atoms with Crippen molar-refractivity contribution in [2.45, 2.75) is 177 Å². The Bertz CT molecular complexity index is 3030. The second-order valence-electron chi connectivity index (χ2n) is 20.4. The van der Waals surface area contributed by atoms with Crippen molar-refractivity contribution >= 4 is 72.9 Å². The van der Waals surface area contributed by atoms with Crippen molar-refractivity contribution in [3.8, 4) is 11.8 Å². The first-order chi connectivity index (χ1) is 37.6. The molecule has 5 atom stereocenters. The van der Waals surface area contributed by atoms with Gasteiger partial charge in [0.25, 0.3) is 13.8 Å². The average Bonchev–Trinajstić information content (AvgIpc) is 4.02. The molecule has 4 heterocycles. The Hall–Kier alpha value is -6.73. The Morgan fingerprint density at radius 2 is 1.06 bits per heavy atom. The van der Waals surface area contributed by atoms with Crippen molar-refractivity contribution in [3.05, 3.63) is 55.1 Å². The van der Waals surface area contributed by atoms with Crippen molar-refractivity contribution in [2.75, 3.05) is 24.2 Å². The van der Waals surface area contributed by atoms with Crippen LogP contribution in [-0.2, 0) is 74.3 Å². The van der Waals surface area contributed by atoms with Crippen molar-refractivity contribution in [1.29, 1.82) is 5.26 Å². The molecule has 0 saturated carbocycles. The van der Waals surface area contributed by atoms with Crippen LogP contribution in [0.1, 0.15) is 109 Å². The SMILES string of the molecule is CC(C)OC(=O)C(C)(C)NP(=O)(CO[C@H](C)Cn1cnc2c(N)ncnc21)Oc1cccc(C#N)c1.CC(C)OC(=O)C(O)O.CC(C)OC(=O)[C@H](C)OP(=O)(CO[C@H](C)Cn1cnc2c(N)ncnc21)NC(C)(C)C(=O)OC(C)C. The molecule has 8 N–H and O–H groups in total. The number of hydrogen-bond donors (Lipinski definition) is 6. The van der Waals surface area contributed by atoms with Gasteiger partial charge < -0.3 is 68.3 Å². The van der Waals surface area contributed by atoms with E-state index in [0.717, 1.165) is 0 Å². The van der Waals surface area contributed by atoms with Crippen LogP contribution >= 0.6 is 15.0 Å². The largest absolute Gasteiger partial charge is 0.462 e. The summed E-state index contributed by atoms with van der Waals surface area (Å²) >= 11 is 0. The zero-order chi connectivity index (χ0) is 61.2. The lowest BCUT2D eigenvalue weighted by Gasteiger charge is -2.32. The Morgan fingerprint density at radius 1 is 0.642 bits per heavy atom. The number of rotatable bonds is 26. The van der Waals surface area contributed by atoms with E-state index in [9.17, 15) is 33.6 Å². The van der Waals surface area contributed by atoms with Crippen LogP contribution in [0, 0.1) is 11.3 Å². The smallest absolute Gasteiger partial charge is 0.363 e. The van der Waals surface area contributed by atoms with Gasteiger partial charge in [-0.3, -0.25) is 18.7 Å². The highest BCUT2D eigenvalue weighted by Crippen LogP contribution is 2.47. The van der Waals surface area contributed by atoms with Gasteiger partial charge in [0, 0.05) is 0 Å². The lowest BCUT2D eigenvalue weighted by Crippen LogP contribution is -2.48. The predicted molar refractivity (Wildman–Crippen MR) is 295 cm³/mol. The number of carbonyl (C=O) groups is 4. The number of benzene rings is 1. The fourth-order valence-corrected chi connectivity index (χ4v) is 10.9. The molecule has 29 nitrogen and oxygen atoms in total. The molecule has 5 rings (SSSR count). The molecule has 1 aromatic carbocycles. The number of nitrogens with two attached hydrogens (primary N) is 2. The maximum absolute atomic E-state index is 13.9. The number of nitrogens with one attached hydrogen (secondary N) is 2. The minimum Gasteiger partial charge on any atom is -0.462 e. The fourth-order valence-electron chi connectivity index (χ4n) is 6.72. The molecule has 31 heteroatoms. The van der Waals surface area contributed by atoms with E-state index < -0.39 is 80.9 Å². The number of anilines is 2. The first kappa shape index (κ1) is 68.5. The number of aliphatic hydroxyl groups is 2. The third-order valence-corrected chi connectivity index (χ3v) is 14.2. The van der Waals surface area contributed by atoms with Gasteiger partial charge in [0.05, 0.1) is 74.0 Å². The van der Waals surface area contributed by atoms with Crippen LogP contribution in [0.2, 0.25) is 0 Å². The summed E-state index contributed by atoms with van der Waals surface area (Å²) in [5.41, 5.74) is 11.3. The number of nitrogens with zero attached hydrogens (tertiary/aromatic N) is 9. The third-order valence-electron chi connectivity index (χ3n) is 10.2. The minimum absolute atomic E-state index is 0.196. The summed E-state index contributed by atoms with van der Waals surface area (Å²) in [6.07, 6.45) is -0.537. The van der Waals surface area contributed by atoms with Crippen LogP contribution in [0.5, 0.6) is 5.75 Å². The zero-order valence-corrected chi connectivity index (χ0v) is 50.0. The Kier molecular flexibility index (Phi) is 25.7. The van der Waals surface area contributed by atoms with Crippen LogP contribution in [0.4, 0.5) is 11.6 Å². The molecule has 0 aliphatic rings. The summed E-state index contributed by atoms with van der Waals surface area (Å²) in [6, 6.07) is 8.24. The number of aromatic nitrogens is 8. The molecular weight excluding hydrogens is 1100 g/mol. The van der Waals surface area contributed by atoms with Gasteiger partial charge in [-0.25, -0.2) is 49.7 Å². The second kappa shape index (κ2) is 30.4.